The molecule has 100 valence electrons. The van der Waals surface area contributed by atoms with Gasteiger partial charge in [0.2, 0.25) is 0 Å². The summed E-state index contributed by atoms with van der Waals surface area (Å²) < 4.78 is 19.3. The van der Waals surface area contributed by atoms with Crippen LogP contribution in [0.5, 0.6) is 5.75 Å². The zero-order valence-corrected chi connectivity index (χ0v) is 11.3. The van der Waals surface area contributed by atoms with Gasteiger partial charge in [-0.3, -0.25) is 0 Å². The summed E-state index contributed by atoms with van der Waals surface area (Å²) in [5, 5.41) is 3.71. The number of halogens is 2. The van der Waals surface area contributed by atoms with Gasteiger partial charge in [0.05, 0.1) is 6.04 Å². The second kappa shape index (κ2) is 6.55. The molecule has 0 heterocycles. The molecule has 0 fully saturated rings. The van der Waals surface area contributed by atoms with E-state index in [1.807, 2.05) is 6.07 Å². The largest absolute Gasteiger partial charge is 0.492 e. The molecule has 19 heavy (non-hydrogen) atoms. The van der Waals surface area contributed by atoms with E-state index in [4.69, 9.17) is 16.3 Å². The Bertz CT molecular complexity index is 530. The highest BCUT2D eigenvalue weighted by Gasteiger charge is 2.14. The van der Waals surface area contributed by atoms with Crippen LogP contribution in [-0.4, -0.2) is 13.7 Å². The maximum Gasteiger partial charge on any atom is 0.128 e. The van der Waals surface area contributed by atoms with Gasteiger partial charge in [0.1, 0.15) is 18.2 Å². The number of rotatable bonds is 5. The van der Waals surface area contributed by atoms with Crippen molar-refractivity contribution in [3.8, 4) is 5.75 Å². The highest BCUT2D eigenvalue weighted by Crippen LogP contribution is 2.20. The number of likely N-dealkylation sites (N-methyl/N-ethyl adjacent to an activating group) is 1. The molecule has 0 spiro atoms. The van der Waals surface area contributed by atoms with Crippen molar-refractivity contribution in [3.05, 3.63) is 64.9 Å². The first-order chi connectivity index (χ1) is 9.20. The molecule has 0 saturated carbocycles. The van der Waals surface area contributed by atoms with Crippen molar-refractivity contribution >= 4 is 11.6 Å². The van der Waals surface area contributed by atoms with Gasteiger partial charge in [-0.15, -0.1) is 0 Å². The molecule has 0 amide bonds. The predicted octanol–water partition coefficient (Wildman–Crippen LogP) is 3.82. The lowest BCUT2D eigenvalue weighted by Gasteiger charge is -2.18. The first-order valence-electron chi connectivity index (χ1n) is 6.01. The Kier molecular flexibility index (Phi) is 4.77. The van der Waals surface area contributed by atoms with Crippen LogP contribution >= 0.6 is 11.6 Å². The van der Waals surface area contributed by atoms with E-state index in [0.717, 1.165) is 0 Å². The zero-order valence-electron chi connectivity index (χ0n) is 10.6. The summed E-state index contributed by atoms with van der Waals surface area (Å²) in [7, 11) is 1.78. The van der Waals surface area contributed by atoms with Crippen molar-refractivity contribution < 1.29 is 9.13 Å². The van der Waals surface area contributed by atoms with Gasteiger partial charge in [-0.1, -0.05) is 29.8 Å². The maximum atomic E-state index is 13.7. The molecular weight excluding hydrogens is 265 g/mol. The second-order valence-corrected chi connectivity index (χ2v) is 4.56. The molecule has 0 aliphatic carbocycles. The van der Waals surface area contributed by atoms with Crippen LogP contribution in [0.1, 0.15) is 11.6 Å². The third kappa shape index (κ3) is 3.69. The van der Waals surface area contributed by atoms with Crippen LogP contribution < -0.4 is 10.1 Å². The molecule has 1 unspecified atom stereocenters. The fourth-order valence-corrected chi connectivity index (χ4v) is 1.92. The molecule has 1 N–H and O–H groups in total. The Balaban J connectivity index is 2.04. The van der Waals surface area contributed by atoms with Crippen LogP contribution in [0, 0.1) is 5.82 Å². The van der Waals surface area contributed by atoms with E-state index in [2.05, 4.69) is 5.32 Å². The summed E-state index contributed by atoms with van der Waals surface area (Å²) in [6.45, 7) is 0.346. The lowest BCUT2D eigenvalue weighted by atomic mass is 10.1. The normalized spacial score (nSPS) is 12.2. The molecule has 0 aromatic heterocycles. The minimum absolute atomic E-state index is 0.197. The van der Waals surface area contributed by atoms with Gasteiger partial charge in [-0.25, -0.2) is 4.39 Å². The van der Waals surface area contributed by atoms with E-state index in [1.54, 1.807) is 43.4 Å². The van der Waals surface area contributed by atoms with E-state index in [0.29, 0.717) is 22.9 Å². The molecule has 0 bridgehead atoms. The van der Waals surface area contributed by atoms with Crippen molar-refractivity contribution in [3.63, 3.8) is 0 Å². The van der Waals surface area contributed by atoms with Gasteiger partial charge in [-0.05, 0) is 37.4 Å². The van der Waals surface area contributed by atoms with E-state index in [-0.39, 0.29) is 11.9 Å². The van der Waals surface area contributed by atoms with E-state index >= 15 is 0 Å². The quantitative estimate of drug-likeness (QED) is 0.898. The van der Waals surface area contributed by atoms with Crippen molar-refractivity contribution in [2.75, 3.05) is 13.7 Å². The molecule has 0 saturated heterocycles. The Morgan fingerprint density at radius 1 is 1.16 bits per heavy atom. The van der Waals surface area contributed by atoms with Gasteiger partial charge in [0, 0.05) is 10.6 Å². The van der Waals surface area contributed by atoms with E-state index < -0.39 is 0 Å². The van der Waals surface area contributed by atoms with Gasteiger partial charge >= 0.3 is 0 Å². The molecular formula is C15H15ClFNO. The predicted molar refractivity (Wildman–Crippen MR) is 75.1 cm³/mol. The monoisotopic (exact) mass is 279 g/mol. The molecule has 2 aromatic rings. The van der Waals surface area contributed by atoms with E-state index in [9.17, 15) is 4.39 Å². The number of ether oxygens (including phenoxy) is 1. The molecule has 0 aliphatic rings. The summed E-state index contributed by atoms with van der Waals surface area (Å²) in [5.41, 5.74) is 0.596. The number of nitrogens with one attached hydrogen (secondary N) is 1. The van der Waals surface area contributed by atoms with E-state index in [1.165, 1.54) is 6.07 Å². The van der Waals surface area contributed by atoms with Gasteiger partial charge in [0.25, 0.3) is 0 Å². The molecule has 1 atom stereocenters. The van der Waals surface area contributed by atoms with Crippen molar-refractivity contribution in [2.45, 2.75) is 6.04 Å². The molecule has 2 rings (SSSR count). The standard InChI is InChI=1S/C15H15ClFNO/c1-18-15(13-4-2-3-5-14(13)17)10-19-12-8-6-11(16)7-9-12/h2-9,15,18H,10H2,1H3. The fraction of sp³-hybridized carbons (Fsp3) is 0.200. The number of hydrogen-bond acceptors (Lipinski definition) is 2. The first kappa shape index (κ1) is 13.8. The Morgan fingerprint density at radius 3 is 2.47 bits per heavy atom. The lowest BCUT2D eigenvalue weighted by Crippen LogP contribution is -2.24. The van der Waals surface area contributed by atoms with Crippen LogP contribution in [-0.2, 0) is 0 Å². The smallest absolute Gasteiger partial charge is 0.128 e. The molecule has 0 aliphatic heterocycles. The topological polar surface area (TPSA) is 21.3 Å². The maximum absolute atomic E-state index is 13.7. The molecule has 2 aromatic carbocycles. The second-order valence-electron chi connectivity index (χ2n) is 4.13. The zero-order chi connectivity index (χ0) is 13.7. The highest BCUT2D eigenvalue weighted by atomic mass is 35.5. The van der Waals surface area contributed by atoms with Crippen LogP contribution in [0.15, 0.2) is 48.5 Å². The SMILES string of the molecule is CNC(COc1ccc(Cl)cc1)c1ccccc1F. The van der Waals surface area contributed by atoms with Crippen LogP contribution in [0.3, 0.4) is 0 Å². The summed E-state index contributed by atoms with van der Waals surface area (Å²) in [5.74, 6) is 0.475. The van der Waals surface area contributed by atoms with Crippen molar-refractivity contribution in [1.29, 1.82) is 0 Å². The Labute approximate surface area is 117 Å². The van der Waals surface area contributed by atoms with Crippen LogP contribution in [0.25, 0.3) is 0 Å². The molecule has 4 heteroatoms. The molecule has 2 nitrogen and oxygen atoms in total. The average Bonchev–Trinajstić information content (AvgIpc) is 2.43. The summed E-state index contributed by atoms with van der Waals surface area (Å²) in [6.07, 6.45) is 0. The van der Waals surface area contributed by atoms with Gasteiger partial charge in [-0.2, -0.15) is 0 Å². The van der Waals surface area contributed by atoms with Crippen molar-refractivity contribution in [2.24, 2.45) is 0 Å². The Morgan fingerprint density at radius 2 is 1.84 bits per heavy atom. The number of benzene rings is 2. The number of hydrogen-bond donors (Lipinski definition) is 1. The summed E-state index contributed by atoms with van der Waals surface area (Å²) in [6, 6.07) is 13.6. The van der Waals surface area contributed by atoms with Crippen LogP contribution in [0.2, 0.25) is 5.02 Å². The minimum Gasteiger partial charge on any atom is -0.492 e. The third-order valence-electron chi connectivity index (χ3n) is 2.86. The highest BCUT2D eigenvalue weighted by molar-refractivity contribution is 6.30. The van der Waals surface area contributed by atoms with Crippen molar-refractivity contribution in [1.82, 2.24) is 5.32 Å². The molecule has 0 radical (unpaired) electrons. The average molecular weight is 280 g/mol. The van der Waals surface area contributed by atoms with Gasteiger partial charge in [0.15, 0.2) is 0 Å². The minimum atomic E-state index is -0.235. The van der Waals surface area contributed by atoms with Gasteiger partial charge < -0.3 is 10.1 Å². The first-order valence-corrected chi connectivity index (χ1v) is 6.38. The fourth-order valence-electron chi connectivity index (χ4n) is 1.80. The van der Waals surface area contributed by atoms with Crippen LogP contribution in [0.4, 0.5) is 4.39 Å². The lowest BCUT2D eigenvalue weighted by molar-refractivity contribution is 0.270. The third-order valence-corrected chi connectivity index (χ3v) is 3.11. The summed E-state index contributed by atoms with van der Waals surface area (Å²) in [4.78, 5) is 0. The Hall–Kier alpha value is -1.58. The summed E-state index contributed by atoms with van der Waals surface area (Å²) >= 11 is 5.80.